The third-order valence-electron chi connectivity index (χ3n) is 2.68. The van der Waals surface area contributed by atoms with E-state index in [1.165, 1.54) is 0 Å². The summed E-state index contributed by atoms with van der Waals surface area (Å²) in [5.41, 5.74) is 4.17. The van der Waals surface area contributed by atoms with Crippen molar-refractivity contribution in [3.63, 3.8) is 0 Å². The van der Waals surface area contributed by atoms with Crippen LogP contribution < -0.4 is 14.9 Å². The summed E-state index contributed by atoms with van der Waals surface area (Å²) in [5, 5.41) is 0.737. The van der Waals surface area contributed by atoms with Crippen molar-refractivity contribution >= 4 is 12.6 Å². The van der Waals surface area contributed by atoms with Crippen molar-refractivity contribution in [1.29, 1.82) is 0 Å². The predicted molar refractivity (Wildman–Crippen MR) is 81.2 cm³/mol. The maximum Gasteiger partial charge on any atom is 0.166 e. The molecule has 2 aromatic rings. The highest BCUT2D eigenvalue weighted by molar-refractivity contribution is 7.80. The molecule has 0 radical (unpaired) electrons. The van der Waals surface area contributed by atoms with Crippen molar-refractivity contribution in [2.75, 3.05) is 19.1 Å². The monoisotopic (exact) mass is 291 g/mol. The van der Waals surface area contributed by atoms with Crippen molar-refractivity contribution in [2.24, 2.45) is 0 Å². The average Bonchev–Trinajstić information content (AvgIpc) is 2.88. The summed E-state index contributed by atoms with van der Waals surface area (Å²) in [6, 6.07) is 5.76. The SMILES string of the molecule is C=CCOc1c(CNn2cncc2S)cccc1OC. The predicted octanol–water partition coefficient (Wildman–Crippen LogP) is 2.49. The second-order valence-electron chi connectivity index (χ2n) is 4.00. The number of benzene rings is 1. The number of methoxy groups -OCH3 is 1. The van der Waals surface area contributed by atoms with Crippen LogP contribution in [0, 0.1) is 0 Å². The first kappa shape index (κ1) is 14.3. The summed E-state index contributed by atoms with van der Waals surface area (Å²) >= 11 is 4.29. The van der Waals surface area contributed by atoms with E-state index < -0.39 is 0 Å². The quantitative estimate of drug-likeness (QED) is 0.608. The van der Waals surface area contributed by atoms with Crippen LogP contribution in [0.1, 0.15) is 5.56 Å². The molecule has 0 saturated carbocycles. The first-order chi connectivity index (χ1) is 9.76. The van der Waals surface area contributed by atoms with Gasteiger partial charge in [0.2, 0.25) is 0 Å². The molecule has 0 saturated heterocycles. The number of thiol groups is 1. The van der Waals surface area contributed by atoms with Gasteiger partial charge in [-0.05, 0) is 6.07 Å². The van der Waals surface area contributed by atoms with Gasteiger partial charge in [-0.3, -0.25) is 0 Å². The zero-order valence-electron chi connectivity index (χ0n) is 11.2. The summed E-state index contributed by atoms with van der Waals surface area (Å²) in [4.78, 5) is 3.99. The number of hydrogen-bond donors (Lipinski definition) is 2. The maximum absolute atomic E-state index is 5.68. The second-order valence-corrected chi connectivity index (χ2v) is 4.46. The summed E-state index contributed by atoms with van der Waals surface area (Å²) in [6.07, 6.45) is 5.02. The molecule has 0 amide bonds. The Labute approximate surface area is 123 Å². The molecular formula is C14H17N3O2S. The number of imidazole rings is 1. The minimum atomic E-state index is 0.427. The lowest BCUT2D eigenvalue weighted by Gasteiger charge is -2.15. The smallest absolute Gasteiger partial charge is 0.166 e. The van der Waals surface area contributed by atoms with Gasteiger partial charge in [0.1, 0.15) is 18.0 Å². The zero-order chi connectivity index (χ0) is 14.4. The largest absolute Gasteiger partial charge is 0.493 e. The Morgan fingerprint density at radius 1 is 1.50 bits per heavy atom. The Morgan fingerprint density at radius 3 is 3.00 bits per heavy atom. The molecule has 0 atom stereocenters. The van der Waals surface area contributed by atoms with E-state index in [1.807, 2.05) is 18.2 Å². The number of ether oxygens (including phenoxy) is 2. The third kappa shape index (κ3) is 3.27. The first-order valence-electron chi connectivity index (χ1n) is 6.11. The molecule has 0 aliphatic rings. The highest BCUT2D eigenvalue weighted by Crippen LogP contribution is 2.31. The highest BCUT2D eigenvalue weighted by atomic mass is 32.1. The van der Waals surface area contributed by atoms with Gasteiger partial charge in [0.15, 0.2) is 11.5 Å². The summed E-state index contributed by atoms with van der Waals surface area (Å²) in [6.45, 7) is 4.65. The third-order valence-corrected chi connectivity index (χ3v) is 3.02. The van der Waals surface area contributed by atoms with Crippen molar-refractivity contribution < 1.29 is 9.47 Å². The van der Waals surface area contributed by atoms with Crippen LogP contribution in [-0.2, 0) is 6.54 Å². The molecule has 6 heteroatoms. The minimum absolute atomic E-state index is 0.427. The maximum atomic E-state index is 5.68. The normalized spacial score (nSPS) is 10.1. The van der Waals surface area contributed by atoms with Gasteiger partial charge in [-0.1, -0.05) is 24.8 Å². The molecule has 0 aliphatic carbocycles. The molecule has 0 fully saturated rings. The molecular weight excluding hydrogens is 274 g/mol. The lowest BCUT2D eigenvalue weighted by atomic mass is 10.2. The van der Waals surface area contributed by atoms with Gasteiger partial charge < -0.3 is 14.9 Å². The number of hydrogen-bond acceptors (Lipinski definition) is 5. The van der Waals surface area contributed by atoms with E-state index >= 15 is 0 Å². The van der Waals surface area contributed by atoms with E-state index in [0.717, 1.165) is 10.6 Å². The lowest BCUT2D eigenvalue weighted by Crippen LogP contribution is -2.14. The number of nitrogens with zero attached hydrogens (tertiary/aromatic N) is 2. The van der Waals surface area contributed by atoms with E-state index in [2.05, 4.69) is 29.6 Å². The first-order valence-corrected chi connectivity index (χ1v) is 6.55. The van der Waals surface area contributed by atoms with E-state index in [1.54, 1.807) is 30.4 Å². The van der Waals surface area contributed by atoms with E-state index in [4.69, 9.17) is 9.47 Å². The molecule has 1 heterocycles. The van der Waals surface area contributed by atoms with Crippen LogP contribution in [0.5, 0.6) is 11.5 Å². The van der Waals surface area contributed by atoms with Crippen LogP contribution in [0.25, 0.3) is 0 Å². The number of rotatable bonds is 7. The van der Waals surface area contributed by atoms with Crippen LogP contribution in [-0.4, -0.2) is 23.4 Å². The fourth-order valence-corrected chi connectivity index (χ4v) is 1.94. The fraction of sp³-hybridized carbons (Fsp3) is 0.214. The van der Waals surface area contributed by atoms with E-state index in [-0.39, 0.29) is 0 Å². The Balaban J connectivity index is 2.17. The molecule has 20 heavy (non-hydrogen) atoms. The minimum Gasteiger partial charge on any atom is -0.493 e. The van der Waals surface area contributed by atoms with Crippen molar-refractivity contribution in [2.45, 2.75) is 11.6 Å². The molecule has 1 aromatic carbocycles. The highest BCUT2D eigenvalue weighted by Gasteiger charge is 2.10. The van der Waals surface area contributed by atoms with Crippen LogP contribution in [0.4, 0.5) is 0 Å². The molecule has 0 unspecified atom stereocenters. The lowest BCUT2D eigenvalue weighted by molar-refractivity contribution is 0.323. The zero-order valence-corrected chi connectivity index (χ0v) is 12.1. The fourth-order valence-electron chi connectivity index (χ4n) is 1.75. The summed E-state index contributed by atoms with van der Waals surface area (Å²) < 4.78 is 12.7. The van der Waals surface area contributed by atoms with Gasteiger partial charge in [0.25, 0.3) is 0 Å². The van der Waals surface area contributed by atoms with Gasteiger partial charge >= 0.3 is 0 Å². The van der Waals surface area contributed by atoms with Crippen LogP contribution in [0.15, 0.2) is 48.4 Å². The number of nitrogens with one attached hydrogen (secondary N) is 1. The van der Waals surface area contributed by atoms with Gasteiger partial charge in [-0.15, -0.1) is 12.6 Å². The topological polar surface area (TPSA) is 48.3 Å². The molecule has 5 nitrogen and oxygen atoms in total. The standard InChI is InChI=1S/C14H17N3O2S/c1-3-7-19-14-11(5-4-6-12(14)18-2)8-16-17-10-15-9-13(17)20/h3-6,9-10,16,20H,1,7-8H2,2H3. The van der Waals surface area contributed by atoms with Gasteiger partial charge in [-0.2, -0.15) is 0 Å². The Bertz CT molecular complexity index is 584. The van der Waals surface area contributed by atoms with Gasteiger partial charge in [0, 0.05) is 5.56 Å². The van der Waals surface area contributed by atoms with Crippen molar-refractivity contribution in [1.82, 2.24) is 9.66 Å². The van der Waals surface area contributed by atoms with Gasteiger partial charge in [-0.25, -0.2) is 9.66 Å². The average molecular weight is 291 g/mol. The second kappa shape index (κ2) is 6.91. The van der Waals surface area contributed by atoms with Gasteiger partial charge in [0.05, 0.1) is 19.9 Å². The molecule has 1 N–H and O–H groups in total. The Hall–Kier alpha value is -2.08. The Morgan fingerprint density at radius 2 is 2.35 bits per heavy atom. The van der Waals surface area contributed by atoms with E-state index in [0.29, 0.717) is 24.7 Å². The summed E-state index contributed by atoms with van der Waals surface area (Å²) in [5.74, 6) is 1.41. The number of para-hydroxylation sites is 1. The Kier molecular flexibility index (Phi) is 4.95. The van der Waals surface area contributed by atoms with Crippen LogP contribution in [0.3, 0.4) is 0 Å². The van der Waals surface area contributed by atoms with Crippen molar-refractivity contribution in [3.8, 4) is 11.5 Å². The molecule has 106 valence electrons. The molecule has 0 spiro atoms. The van der Waals surface area contributed by atoms with Crippen molar-refractivity contribution in [3.05, 3.63) is 48.9 Å². The molecule has 0 aliphatic heterocycles. The molecule has 2 rings (SSSR count). The van der Waals surface area contributed by atoms with Crippen LogP contribution in [0.2, 0.25) is 0 Å². The van der Waals surface area contributed by atoms with E-state index in [9.17, 15) is 0 Å². The summed E-state index contributed by atoms with van der Waals surface area (Å²) in [7, 11) is 1.62. The number of aromatic nitrogens is 2. The molecule has 0 bridgehead atoms. The van der Waals surface area contributed by atoms with Crippen LogP contribution >= 0.6 is 12.6 Å². The molecule has 1 aromatic heterocycles.